The highest BCUT2D eigenvalue weighted by atomic mass is 16.1. The van der Waals surface area contributed by atoms with Crippen LogP contribution in [0.15, 0.2) is 18.2 Å². The predicted molar refractivity (Wildman–Crippen MR) is 70.6 cm³/mol. The van der Waals surface area contributed by atoms with Crippen LogP contribution >= 0.6 is 0 Å². The van der Waals surface area contributed by atoms with Crippen LogP contribution in [0.4, 0.5) is 5.69 Å². The zero-order valence-corrected chi connectivity index (χ0v) is 10.3. The van der Waals surface area contributed by atoms with E-state index in [1.165, 1.54) is 0 Å². The molecule has 0 aromatic heterocycles. The minimum absolute atomic E-state index is 0.161. The van der Waals surface area contributed by atoms with Gasteiger partial charge in [-0.2, -0.15) is 0 Å². The van der Waals surface area contributed by atoms with Crippen molar-refractivity contribution in [3.8, 4) is 12.3 Å². The van der Waals surface area contributed by atoms with Crippen LogP contribution in [0.2, 0.25) is 0 Å². The lowest BCUT2D eigenvalue weighted by molar-refractivity contribution is 0.0943. The number of amides is 1. The molecule has 3 N–H and O–H groups in total. The van der Waals surface area contributed by atoms with Gasteiger partial charge in [0, 0.05) is 11.3 Å². The number of aryl methyl sites for hydroxylation is 1. The first-order chi connectivity index (χ1) is 8.08. The molecule has 0 saturated carbocycles. The maximum Gasteiger partial charge on any atom is 0.252 e. The van der Waals surface area contributed by atoms with Crippen LogP contribution in [-0.4, -0.2) is 11.9 Å². The molecular formula is C14H18N2O. The minimum atomic E-state index is -0.215. The van der Waals surface area contributed by atoms with Gasteiger partial charge in [-0.1, -0.05) is 25.3 Å². The molecule has 90 valence electrons. The van der Waals surface area contributed by atoms with E-state index in [0.717, 1.165) is 18.4 Å². The lowest BCUT2D eigenvalue weighted by Gasteiger charge is -2.13. The van der Waals surface area contributed by atoms with E-state index >= 15 is 0 Å². The van der Waals surface area contributed by atoms with Crippen molar-refractivity contribution in [3.63, 3.8) is 0 Å². The lowest BCUT2D eigenvalue weighted by atomic mass is 10.1. The lowest BCUT2D eigenvalue weighted by Crippen LogP contribution is -2.34. The van der Waals surface area contributed by atoms with Crippen LogP contribution in [0.25, 0.3) is 0 Å². The Balaban J connectivity index is 2.83. The average Bonchev–Trinajstić information content (AvgIpc) is 2.31. The van der Waals surface area contributed by atoms with Crippen molar-refractivity contribution < 1.29 is 4.79 Å². The summed E-state index contributed by atoms with van der Waals surface area (Å²) < 4.78 is 0. The molecule has 0 aliphatic carbocycles. The third-order valence-corrected chi connectivity index (χ3v) is 2.59. The SMILES string of the molecule is C#CC(CCC)NC(=O)c1cc(N)ccc1C. The Labute approximate surface area is 102 Å². The third kappa shape index (κ3) is 3.53. The Hall–Kier alpha value is -1.95. The van der Waals surface area contributed by atoms with E-state index in [9.17, 15) is 4.79 Å². The van der Waals surface area contributed by atoms with Gasteiger partial charge < -0.3 is 11.1 Å². The van der Waals surface area contributed by atoms with E-state index in [0.29, 0.717) is 11.3 Å². The highest BCUT2D eigenvalue weighted by Crippen LogP contribution is 2.13. The molecule has 3 nitrogen and oxygen atoms in total. The van der Waals surface area contributed by atoms with E-state index in [2.05, 4.69) is 11.2 Å². The second-order valence-electron chi connectivity index (χ2n) is 4.06. The zero-order chi connectivity index (χ0) is 12.8. The van der Waals surface area contributed by atoms with Crippen molar-refractivity contribution in [1.29, 1.82) is 0 Å². The summed E-state index contributed by atoms with van der Waals surface area (Å²) in [4.78, 5) is 12.0. The smallest absolute Gasteiger partial charge is 0.252 e. The van der Waals surface area contributed by atoms with E-state index < -0.39 is 0 Å². The fourth-order valence-corrected chi connectivity index (χ4v) is 1.61. The summed E-state index contributed by atoms with van der Waals surface area (Å²) in [5, 5.41) is 2.82. The second-order valence-corrected chi connectivity index (χ2v) is 4.06. The van der Waals surface area contributed by atoms with Crippen LogP contribution in [0, 0.1) is 19.3 Å². The summed E-state index contributed by atoms with van der Waals surface area (Å²) in [6.45, 7) is 3.90. The molecule has 1 atom stereocenters. The number of nitrogen functional groups attached to an aromatic ring is 1. The maximum atomic E-state index is 12.0. The van der Waals surface area contributed by atoms with Gasteiger partial charge in [0.25, 0.3) is 5.91 Å². The van der Waals surface area contributed by atoms with Crippen LogP contribution < -0.4 is 11.1 Å². The van der Waals surface area contributed by atoms with Gasteiger partial charge in [-0.15, -0.1) is 6.42 Å². The summed E-state index contributed by atoms with van der Waals surface area (Å²) in [6.07, 6.45) is 7.08. The van der Waals surface area contributed by atoms with E-state index in [4.69, 9.17) is 12.2 Å². The van der Waals surface area contributed by atoms with Crippen molar-refractivity contribution >= 4 is 11.6 Å². The number of rotatable bonds is 4. The number of hydrogen-bond donors (Lipinski definition) is 2. The standard InChI is InChI=1S/C14H18N2O/c1-4-6-12(5-2)16-14(17)13-9-11(15)8-7-10(13)3/h2,7-9,12H,4,6,15H2,1,3H3,(H,16,17). The number of anilines is 1. The molecule has 1 aromatic rings. The van der Waals surface area contributed by atoms with Gasteiger partial charge in [-0.3, -0.25) is 4.79 Å². The number of terminal acetylenes is 1. The number of carbonyl (C=O) groups is 1. The molecular weight excluding hydrogens is 212 g/mol. The minimum Gasteiger partial charge on any atom is -0.399 e. The van der Waals surface area contributed by atoms with Crippen molar-refractivity contribution in [2.75, 3.05) is 5.73 Å². The number of nitrogens with two attached hydrogens (primary N) is 1. The molecule has 0 spiro atoms. The summed E-state index contributed by atoms with van der Waals surface area (Å²) >= 11 is 0. The number of hydrogen-bond acceptors (Lipinski definition) is 2. The molecule has 0 aliphatic heterocycles. The van der Waals surface area contributed by atoms with E-state index in [-0.39, 0.29) is 11.9 Å². The molecule has 17 heavy (non-hydrogen) atoms. The summed E-state index contributed by atoms with van der Waals surface area (Å²) in [5.41, 5.74) is 7.72. The molecule has 0 bridgehead atoms. The molecule has 1 unspecified atom stereocenters. The van der Waals surface area contributed by atoms with Gasteiger partial charge in [0.15, 0.2) is 0 Å². The van der Waals surface area contributed by atoms with Crippen molar-refractivity contribution in [3.05, 3.63) is 29.3 Å². The summed E-state index contributed by atoms with van der Waals surface area (Å²) in [5.74, 6) is 2.41. The first-order valence-corrected chi connectivity index (χ1v) is 5.71. The maximum absolute atomic E-state index is 12.0. The number of carbonyl (C=O) groups excluding carboxylic acids is 1. The van der Waals surface area contributed by atoms with Gasteiger partial charge in [0.05, 0.1) is 6.04 Å². The summed E-state index contributed by atoms with van der Waals surface area (Å²) in [6, 6.07) is 5.06. The highest BCUT2D eigenvalue weighted by molar-refractivity contribution is 5.96. The Bertz CT molecular complexity index is 446. The molecule has 1 aromatic carbocycles. The molecule has 3 heteroatoms. The molecule has 0 radical (unpaired) electrons. The van der Waals surface area contributed by atoms with E-state index in [1.807, 2.05) is 19.9 Å². The number of benzene rings is 1. The molecule has 0 fully saturated rings. The van der Waals surface area contributed by atoms with E-state index in [1.54, 1.807) is 12.1 Å². The monoisotopic (exact) mass is 230 g/mol. The Morgan fingerprint density at radius 1 is 1.59 bits per heavy atom. The van der Waals surface area contributed by atoms with Crippen molar-refractivity contribution in [2.24, 2.45) is 0 Å². The van der Waals surface area contributed by atoms with Crippen LogP contribution in [0.3, 0.4) is 0 Å². The fraction of sp³-hybridized carbons (Fsp3) is 0.357. The van der Waals surface area contributed by atoms with Gasteiger partial charge >= 0.3 is 0 Å². The molecule has 0 saturated heterocycles. The largest absolute Gasteiger partial charge is 0.399 e. The van der Waals surface area contributed by atoms with Gasteiger partial charge in [-0.05, 0) is 31.0 Å². The molecule has 0 aliphatic rings. The molecule has 0 heterocycles. The second kappa shape index (κ2) is 5.95. The quantitative estimate of drug-likeness (QED) is 0.615. The first kappa shape index (κ1) is 13.1. The van der Waals surface area contributed by atoms with Gasteiger partial charge in [0.2, 0.25) is 0 Å². The van der Waals surface area contributed by atoms with Crippen LogP contribution in [0.5, 0.6) is 0 Å². The topological polar surface area (TPSA) is 55.1 Å². The van der Waals surface area contributed by atoms with Gasteiger partial charge in [0.1, 0.15) is 0 Å². The van der Waals surface area contributed by atoms with Crippen molar-refractivity contribution in [1.82, 2.24) is 5.32 Å². The molecule has 1 amide bonds. The average molecular weight is 230 g/mol. The van der Waals surface area contributed by atoms with Crippen LogP contribution in [0.1, 0.15) is 35.7 Å². The normalized spacial score (nSPS) is 11.6. The fourth-order valence-electron chi connectivity index (χ4n) is 1.61. The molecule has 1 rings (SSSR count). The van der Waals surface area contributed by atoms with Crippen LogP contribution in [-0.2, 0) is 0 Å². The summed E-state index contributed by atoms with van der Waals surface area (Å²) in [7, 11) is 0. The predicted octanol–water partition coefficient (Wildman–Crippen LogP) is 2.11. The Kier molecular flexibility index (Phi) is 4.59. The highest BCUT2D eigenvalue weighted by Gasteiger charge is 2.13. The van der Waals surface area contributed by atoms with Gasteiger partial charge in [-0.25, -0.2) is 0 Å². The first-order valence-electron chi connectivity index (χ1n) is 5.71. The zero-order valence-electron chi connectivity index (χ0n) is 10.3. The Morgan fingerprint density at radius 3 is 2.88 bits per heavy atom. The van der Waals surface area contributed by atoms with Crippen molar-refractivity contribution in [2.45, 2.75) is 32.7 Å². The number of nitrogens with one attached hydrogen (secondary N) is 1. The Morgan fingerprint density at radius 2 is 2.29 bits per heavy atom. The third-order valence-electron chi connectivity index (χ3n) is 2.59.